The smallest absolute Gasteiger partial charge is 0.185 e. The molecule has 1 saturated heterocycles. The summed E-state index contributed by atoms with van der Waals surface area (Å²) in [6.07, 6.45) is -2.14. The van der Waals surface area contributed by atoms with Crippen molar-refractivity contribution in [2.75, 3.05) is 6.67 Å². The molecule has 0 saturated carbocycles. The molecule has 0 radical (unpaired) electrons. The second-order valence-electron chi connectivity index (χ2n) is 7.91. The number of carbonyl (C=O) groups is 1. The standard InChI is InChI=1S/C24H20F4N2O4/c25-10-21-24(33)19(32)9-20(34-21)13-6-7-29-11-12(13)8-18(31)17-5-4-16(28)23(30-17)22-14(26)2-1-3-15(22)27/h1-7,11,19-21,24,32-33H,8-10H2/t19-,20-,21-,24+/m1/s1. The zero-order chi connectivity index (χ0) is 24.4. The first kappa shape index (κ1) is 23.9. The van der Waals surface area contributed by atoms with Crippen LogP contribution in [0.3, 0.4) is 0 Å². The topological polar surface area (TPSA) is 92.5 Å². The summed E-state index contributed by atoms with van der Waals surface area (Å²) >= 11 is 0. The molecule has 0 unspecified atom stereocenters. The number of carbonyl (C=O) groups excluding carboxylic acids is 1. The lowest BCUT2D eigenvalue weighted by Crippen LogP contribution is -2.46. The molecule has 1 aliphatic rings. The molecule has 34 heavy (non-hydrogen) atoms. The van der Waals surface area contributed by atoms with Crippen molar-refractivity contribution < 1.29 is 37.3 Å². The quantitative estimate of drug-likeness (QED) is 0.418. The summed E-state index contributed by atoms with van der Waals surface area (Å²) in [5.41, 5.74) is -0.710. The summed E-state index contributed by atoms with van der Waals surface area (Å²) in [7, 11) is 0. The molecule has 0 amide bonds. The molecule has 178 valence electrons. The van der Waals surface area contributed by atoms with Crippen molar-refractivity contribution in [3.63, 3.8) is 0 Å². The number of ketones is 1. The normalized spacial score (nSPS) is 22.5. The van der Waals surface area contributed by atoms with Gasteiger partial charge in [-0.15, -0.1) is 0 Å². The number of Topliss-reactive ketones (excluding diaryl/α,β-unsaturated/α-hetero) is 1. The maximum Gasteiger partial charge on any atom is 0.185 e. The number of hydrogen-bond acceptors (Lipinski definition) is 6. The van der Waals surface area contributed by atoms with E-state index in [4.69, 9.17) is 4.74 Å². The van der Waals surface area contributed by atoms with Crippen LogP contribution in [0.25, 0.3) is 11.3 Å². The molecule has 2 N–H and O–H groups in total. The van der Waals surface area contributed by atoms with Gasteiger partial charge in [0.1, 0.15) is 47.7 Å². The minimum Gasteiger partial charge on any atom is -0.390 e. The first-order valence-corrected chi connectivity index (χ1v) is 10.4. The molecule has 3 aromatic rings. The van der Waals surface area contributed by atoms with E-state index in [1.54, 1.807) is 6.07 Å². The van der Waals surface area contributed by atoms with Crippen LogP contribution in [0.15, 0.2) is 48.8 Å². The van der Waals surface area contributed by atoms with Gasteiger partial charge in [0.2, 0.25) is 0 Å². The summed E-state index contributed by atoms with van der Waals surface area (Å²) in [4.78, 5) is 20.8. The van der Waals surface area contributed by atoms with Gasteiger partial charge in [0.15, 0.2) is 5.78 Å². The van der Waals surface area contributed by atoms with E-state index in [2.05, 4.69) is 9.97 Å². The predicted octanol–water partition coefficient (Wildman–Crippen LogP) is 3.51. The van der Waals surface area contributed by atoms with Crippen LogP contribution in [0.2, 0.25) is 0 Å². The van der Waals surface area contributed by atoms with Crippen molar-refractivity contribution in [1.29, 1.82) is 0 Å². The third-order valence-corrected chi connectivity index (χ3v) is 5.69. The van der Waals surface area contributed by atoms with Crippen molar-refractivity contribution in [3.8, 4) is 11.3 Å². The summed E-state index contributed by atoms with van der Waals surface area (Å²) < 4.78 is 61.5. The molecule has 6 nitrogen and oxygen atoms in total. The highest BCUT2D eigenvalue weighted by atomic mass is 19.1. The molecule has 4 atom stereocenters. The van der Waals surface area contributed by atoms with Crippen molar-refractivity contribution in [2.24, 2.45) is 0 Å². The summed E-state index contributed by atoms with van der Waals surface area (Å²) in [6.45, 7) is -1.01. The Bertz CT molecular complexity index is 1190. The first-order valence-electron chi connectivity index (χ1n) is 10.4. The van der Waals surface area contributed by atoms with Crippen LogP contribution in [0.4, 0.5) is 17.6 Å². The number of nitrogens with zero attached hydrogens (tertiary/aromatic N) is 2. The number of benzene rings is 1. The fourth-order valence-electron chi connectivity index (χ4n) is 3.94. The number of rotatable bonds is 6. The number of hydrogen-bond donors (Lipinski definition) is 2. The average molecular weight is 476 g/mol. The molecule has 0 spiro atoms. The molecule has 2 aromatic heterocycles. The maximum atomic E-state index is 14.3. The molecule has 1 aliphatic heterocycles. The highest BCUT2D eigenvalue weighted by molar-refractivity contribution is 5.96. The van der Waals surface area contributed by atoms with Gasteiger partial charge in [0, 0.05) is 25.2 Å². The van der Waals surface area contributed by atoms with Gasteiger partial charge in [-0.3, -0.25) is 9.78 Å². The Morgan fingerprint density at radius 2 is 1.79 bits per heavy atom. The monoisotopic (exact) mass is 476 g/mol. The molecule has 1 fully saturated rings. The highest BCUT2D eigenvalue weighted by Crippen LogP contribution is 2.34. The maximum absolute atomic E-state index is 14.3. The Morgan fingerprint density at radius 1 is 1.06 bits per heavy atom. The van der Waals surface area contributed by atoms with Crippen molar-refractivity contribution in [1.82, 2.24) is 9.97 Å². The largest absolute Gasteiger partial charge is 0.390 e. The first-order chi connectivity index (χ1) is 16.3. The number of aliphatic hydroxyl groups is 2. The molecular weight excluding hydrogens is 456 g/mol. The van der Waals surface area contributed by atoms with Crippen LogP contribution in [-0.4, -0.2) is 51.0 Å². The molecular formula is C24H20F4N2O4. The Morgan fingerprint density at radius 3 is 2.50 bits per heavy atom. The Kier molecular flexibility index (Phi) is 7.01. The minimum atomic E-state index is -1.38. The predicted molar refractivity (Wildman–Crippen MR) is 112 cm³/mol. The fraction of sp³-hybridized carbons (Fsp3) is 0.292. The summed E-state index contributed by atoms with van der Waals surface area (Å²) in [6, 6.07) is 6.59. The minimum absolute atomic E-state index is 0.0334. The SMILES string of the molecule is O=C(Cc1cnccc1[C@H]1C[C@@H](O)[C@H](O)[C@@H](CF)O1)c1ccc(F)c(-c2c(F)cccc2F)n1. The summed E-state index contributed by atoms with van der Waals surface area (Å²) in [5, 5.41) is 20.0. The Labute approximate surface area is 191 Å². The molecule has 4 rings (SSSR count). The number of pyridine rings is 2. The van der Waals surface area contributed by atoms with E-state index in [1.165, 1.54) is 12.4 Å². The van der Waals surface area contributed by atoms with Gasteiger partial charge in [0.25, 0.3) is 0 Å². The number of halogens is 4. The van der Waals surface area contributed by atoms with E-state index in [-0.39, 0.29) is 18.5 Å². The van der Waals surface area contributed by atoms with Gasteiger partial charge in [-0.25, -0.2) is 22.5 Å². The van der Waals surface area contributed by atoms with Crippen molar-refractivity contribution >= 4 is 5.78 Å². The molecule has 10 heteroatoms. The van der Waals surface area contributed by atoms with Gasteiger partial charge < -0.3 is 14.9 Å². The van der Waals surface area contributed by atoms with Gasteiger partial charge in [-0.2, -0.15) is 0 Å². The molecule has 0 bridgehead atoms. The number of alkyl halides is 1. The fourth-order valence-corrected chi connectivity index (χ4v) is 3.94. The zero-order valence-electron chi connectivity index (χ0n) is 17.7. The Hall–Kier alpha value is -3.21. The molecule has 3 heterocycles. The third-order valence-electron chi connectivity index (χ3n) is 5.69. The lowest BCUT2D eigenvalue weighted by molar-refractivity contribution is -0.175. The molecule has 1 aromatic carbocycles. The third kappa shape index (κ3) is 4.70. The number of aliphatic hydroxyl groups excluding tert-OH is 2. The van der Waals surface area contributed by atoms with E-state index in [9.17, 15) is 32.6 Å². The van der Waals surface area contributed by atoms with Crippen LogP contribution < -0.4 is 0 Å². The number of aromatic nitrogens is 2. The summed E-state index contributed by atoms with van der Waals surface area (Å²) in [5.74, 6) is -3.64. The average Bonchev–Trinajstić information content (AvgIpc) is 2.82. The van der Waals surface area contributed by atoms with Gasteiger partial charge in [-0.1, -0.05) is 6.07 Å². The van der Waals surface area contributed by atoms with Gasteiger partial charge in [0.05, 0.1) is 17.8 Å². The molecule has 0 aliphatic carbocycles. The Balaban J connectivity index is 1.63. The van der Waals surface area contributed by atoms with Crippen LogP contribution in [0, 0.1) is 17.5 Å². The van der Waals surface area contributed by atoms with E-state index in [1.807, 2.05) is 0 Å². The van der Waals surface area contributed by atoms with Gasteiger partial charge >= 0.3 is 0 Å². The van der Waals surface area contributed by atoms with Crippen molar-refractivity contribution in [2.45, 2.75) is 37.3 Å². The van der Waals surface area contributed by atoms with E-state index in [0.717, 1.165) is 30.3 Å². The van der Waals surface area contributed by atoms with Crippen LogP contribution in [0.1, 0.15) is 34.1 Å². The van der Waals surface area contributed by atoms with E-state index >= 15 is 0 Å². The van der Waals surface area contributed by atoms with E-state index in [0.29, 0.717) is 11.1 Å². The highest BCUT2D eigenvalue weighted by Gasteiger charge is 2.38. The lowest BCUT2D eigenvalue weighted by Gasteiger charge is -2.36. The van der Waals surface area contributed by atoms with Gasteiger partial charge in [-0.05, 0) is 41.5 Å². The van der Waals surface area contributed by atoms with Crippen LogP contribution in [-0.2, 0) is 11.2 Å². The second kappa shape index (κ2) is 9.96. The van der Waals surface area contributed by atoms with Crippen molar-refractivity contribution in [3.05, 3.63) is 83.1 Å². The lowest BCUT2D eigenvalue weighted by atomic mass is 9.91. The zero-order valence-corrected chi connectivity index (χ0v) is 17.7. The van der Waals surface area contributed by atoms with Crippen LogP contribution >= 0.6 is 0 Å². The van der Waals surface area contributed by atoms with Crippen LogP contribution in [0.5, 0.6) is 0 Å². The number of ether oxygens (including phenoxy) is 1. The second-order valence-corrected chi connectivity index (χ2v) is 7.91. The van der Waals surface area contributed by atoms with E-state index < -0.39 is 65.6 Å².